The van der Waals surface area contributed by atoms with Gasteiger partial charge in [-0.25, -0.2) is 9.98 Å². The molecule has 0 radical (unpaired) electrons. The van der Waals surface area contributed by atoms with Gasteiger partial charge in [-0.05, 0) is 32.6 Å². The van der Waals surface area contributed by atoms with E-state index in [-0.39, 0.29) is 0 Å². The Morgan fingerprint density at radius 1 is 0.727 bits per heavy atom. The fourth-order valence-corrected chi connectivity index (χ4v) is 3.15. The normalized spacial score (nSPS) is 19.5. The maximum absolute atomic E-state index is 4.46. The van der Waals surface area contributed by atoms with E-state index in [2.05, 4.69) is 35.0 Å². The second-order valence-electron chi connectivity index (χ2n) is 6.60. The Morgan fingerprint density at radius 3 is 1.55 bits per heavy atom. The Hall–Kier alpha value is -1.40. The zero-order chi connectivity index (χ0) is 15.5. The molecule has 1 aromatic carbocycles. The van der Waals surface area contributed by atoms with Gasteiger partial charge >= 0.3 is 0 Å². The van der Waals surface area contributed by atoms with Crippen molar-refractivity contribution in [2.24, 2.45) is 9.98 Å². The molecule has 2 aliphatic rings. The number of hydrogen-bond acceptors (Lipinski definition) is 2. The van der Waals surface area contributed by atoms with Crippen molar-refractivity contribution in [2.45, 2.75) is 83.2 Å². The Morgan fingerprint density at radius 2 is 1.18 bits per heavy atom. The molecule has 0 atom stereocenters. The topological polar surface area (TPSA) is 24.7 Å². The molecule has 0 aromatic heterocycles. The van der Waals surface area contributed by atoms with E-state index in [4.69, 9.17) is 0 Å². The van der Waals surface area contributed by atoms with Crippen molar-refractivity contribution in [1.82, 2.24) is 0 Å². The minimum atomic E-state index is 0.533. The van der Waals surface area contributed by atoms with Crippen molar-refractivity contribution in [1.29, 1.82) is 0 Å². The molecule has 2 fully saturated rings. The number of benzene rings is 1. The van der Waals surface area contributed by atoms with Crippen molar-refractivity contribution in [3.8, 4) is 0 Å². The highest BCUT2D eigenvalue weighted by Gasteiger charge is 2.12. The quantitative estimate of drug-likeness (QED) is 0.614. The highest BCUT2D eigenvalue weighted by atomic mass is 14.9. The fourth-order valence-electron chi connectivity index (χ4n) is 3.15. The van der Waals surface area contributed by atoms with Crippen LogP contribution in [0.25, 0.3) is 0 Å². The molecule has 2 nitrogen and oxygen atoms in total. The summed E-state index contributed by atoms with van der Waals surface area (Å²) in [5.74, 6) is 0. The zero-order valence-corrected chi connectivity index (χ0v) is 14.0. The molecule has 0 bridgehead atoms. The van der Waals surface area contributed by atoms with Crippen molar-refractivity contribution >= 4 is 6.01 Å². The van der Waals surface area contributed by atoms with Crippen LogP contribution in [0.1, 0.15) is 69.8 Å². The van der Waals surface area contributed by atoms with Gasteiger partial charge in [-0.3, -0.25) is 0 Å². The van der Waals surface area contributed by atoms with E-state index in [1.165, 1.54) is 69.8 Å². The van der Waals surface area contributed by atoms with Crippen LogP contribution in [0.4, 0.5) is 0 Å². The first kappa shape index (κ1) is 17.0. The van der Waals surface area contributed by atoms with Crippen molar-refractivity contribution in [3.05, 3.63) is 35.9 Å². The van der Waals surface area contributed by atoms with Crippen molar-refractivity contribution < 1.29 is 0 Å². The van der Waals surface area contributed by atoms with Crippen LogP contribution in [-0.2, 0) is 0 Å². The molecule has 2 heteroatoms. The lowest BCUT2D eigenvalue weighted by molar-refractivity contribution is 0.438. The van der Waals surface area contributed by atoms with E-state index in [1.54, 1.807) is 0 Å². The summed E-state index contributed by atoms with van der Waals surface area (Å²) in [7, 11) is 0. The number of hydrogen-bond donors (Lipinski definition) is 0. The average Bonchev–Trinajstić information content (AvgIpc) is 2.58. The maximum Gasteiger partial charge on any atom is 0.0898 e. The van der Waals surface area contributed by atoms with Gasteiger partial charge in [0.1, 0.15) is 0 Å². The predicted molar refractivity (Wildman–Crippen MR) is 94.8 cm³/mol. The SMILES string of the molecule is C(=NC1CCCCC1)=NC1CCCCC1.Cc1ccccc1. The van der Waals surface area contributed by atoms with Gasteiger partial charge in [0.25, 0.3) is 0 Å². The third-order valence-corrected chi connectivity index (χ3v) is 4.57. The number of rotatable bonds is 2. The van der Waals surface area contributed by atoms with E-state index >= 15 is 0 Å². The van der Waals surface area contributed by atoms with E-state index in [9.17, 15) is 0 Å². The first-order chi connectivity index (χ1) is 10.8. The van der Waals surface area contributed by atoms with Gasteiger partial charge < -0.3 is 0 Å². The summed E-state index contributed by atoms with van der Waals surface area (Å²) in [6, 6.07) is 14.3. The van der Waals surface area contributed by atoms with Crippen LogP contribution in [0.15, 0.2) is 40.3 Å². The molecule has 0 saturated heterocycles. The molecule has 3 rings (SSSR count). The second kappa shape index (κ2) is 10.3. The van der Waals surface area contributed by atoms with Crippen LogP contribution in [0.5, 0.6) is 0 Å². The first-order valence-electron chi connectivity index (χ1n) is 9.01. The number of nitrogens with zero attached hydrogens (tertiary/aromatic N) is 2. The molecule has 0 unspecified atom stereocenters. The van der Waals surface area contributed by atoms with Crippen LogP contribution < -0.4 is 0 Å². The third kappa shape index (κ3) is 7.04. The van der Waals surface area contributed by atoms with Gasteiger partial charge in [0.15, 0.2) is 0 Å². The van der Waals surface area contributed by atoms with E-state index in [0.29, 0.717) is 12.1 Å². The van der Waals surface area contributed by atoms with E-state index < -0.39 is 0 Å². The summed E-state index contributed by atoms with van der Waals surface area (Å²) in [5, 5.41) is 0. The van der Waals surface area contributed by atoms with Crippen LogP contribution in [0.2, 0.25) is 0 Å². The third-order valence-electron chi connectivity index (χ3n) is 4.57. The summed E-state index contributed by atoms with van der Waals surface area (Å²) >= 11 is 0. The molecule has 2 saturated carbocycles. The molecule has 0 aliphatic heterocycles. The molecule has 0 spiro atoms. The number of aliphatic imine (C=N–C) groups is 2. The molecular weight excluding hydrogens is 268 g/mol. The molecule has 22 heavy (non-hydrogen) atoms. The Kier molecular flexibility index (Phi) is 7.98. The number of aryl methyl sites for hydroxylation is 1. The molecule has 0 amide bonds. The zero-order valence-electron chi connectivity index (χ0n) is 14.0. The lowest BCUT2D eigenvalue weighted by Gasteiger charge is -2.17. The monoisotopic (exact) mass is 298 g/mol. The van der Waals surface area contributed by atoms with Gasteiger partial charge in [-0.15, -0.1) is 0 Å². The minimum Gasteiger partial charge on any atom is -0.222 e. The van der Waals surface area contributed by atoms with Crippen LogP contribution in [0.3, 0.4) is 0 Å². The lowest BCUT2D eigenvalue weighted by atomic mass is 9.96. The smallest absolute Gasteiger partial charge is 0.0898 e. The minimum absolute atomic E-state index is 0.533. The summed E-state index contributed by atoms with van der Waals surface area (Å²) < 4.78 is 0. The molecule has 0 heterocycles. The van der Waals surface area contributed by atoms with Crippen LogP contribution in [0, 0.1) is 6.92 Å². The molecule has 2 aliphatic carbocycles. The van der Waals surface area contributed by atoms with Gasteiger partial charge in [0.2, 0.25) is 0 Å². The van der Waals surface area contributed by atoms with E-state index in [1.807, 2.05) is 18.2 Å². The standard InChI is InChI=1S/C13H22N2.C7H8/c1-3-7-12(8-4-1)14-11-15-13-9-5-2-6-10-13;1-7-5-3-2-4-6-7/h12-13H,1-10H2;2-6H,1H3. The predicted octanol–water partition coefficient (Wildman–Crippen LogP) is 5.82. The molecule has 120 valence electrons. The Labute approximate surface area is 135 Å². The summed E-state index contributed by atoms with van der Waals surface area (Å²) in [5.41, 5.74) is 1.32. The molecular formula is C20H30N2. The van der Waals surface area contributed by atoms with Crippen LogP contribution in [-0.4, -0.2) is 18.1 Å². The van der Waals surface area contributed by atoms with E-state index in [0.717, 1.165) is 0 Å². The van der Waals surface area contributed by atoms with Crippen LogP contribution >= 0.6 is 0 Å². The average molecular weight is 298 g/mol. The Bertz CT molecular complexity index is 426. The lowest BCUT2D eigenvalue weighted by Crippen LogP contribution is -2.10. The van der Waals surface area contributed by atoms with Gasteiger partial charge in [-0.2, -0.15) is 0 Å². The maximum atomic E-state index is 4.46. The summed E-state index contributed by atoms with van der Waals surface area (Å²) in [6.07, 6.45) is 13.2. The highest BCUT2D eigenvalue weighted by Crippen LogP contribution is 2.21. The Balaban J connectivity index is 0.000000211. The summed E-state index contributed by atoms with van der Waals surface area (Å²) in [4.78, 5) is 8.92. The highest BCUT2D eigenvalue weighted by molar-refractivity contribution is 5.42. The first-order valence-corrected chi connectivity index (χ1v) is 9.01. The molecule has 0 N–H and O–H groups in total. The van der Waals surface area contributed by atoms with Crippen molar-refractivity contribution in [2.75, 3.05) is 0 Å². The molecule has 1 aromatic rings. The van der Waals surface area contributed by atoms with Gasteiger partial charge in [0.05, 0.1) is 18.1 Å². The van der Waals surface area contributed by atoms with Gasteiger partial charge in [-0.1, -0.05) is 74.4 Å². The van der Waals surface area contributed by atoms with Crippen molar-refractivity contribution in [3.63, 3.8) is 0 Å². The fraction of sp³-hybridized carbons (Fsp3) is 0.650. The summed E-state index contributed by atoms with van der Waals surface area (Å²) in [6.45, 7) is 2.08. The second-order valence-corrected chi connectivity index (χ2v) is 6.60. The largest absolute Gasteiger partial charge is 0.222 e. The van der Waals surface area contributed by atoms with Gasteiger partial charge in [0, 0.05) is 0 Å².